The molecule has 140 valence electrons. The van der Waals surface area contributed by atoms with Crippen molar-refractivity contribution in [2.45, 2.75) is 12.5 Å². The maximum atomic E-state index is 13.1. The normalized spacial score (nSPS) is 16.0. The van der Waals surface area contributed by atoms with Crippen LogP contribution in [-0.2, 0) is 9.59 Å². The third kappa shape index (κ3) is 4.01. The molecule has 1 unspecified atom stereocenters. The fourth-order valence-corrected chi connectivity index (χ4v) is 2.91. The summed E-state index contributed by atoms with van der Waals surface area (Å²) in [6.07, 6.45) is 0.0302. The molecule has 3 rings (SSSR count). The number of carbonyl (C=O) groups excluding carboxylic acids is 2. The first-order valence-electron chi connectivity index (χ1n) is 7.95. The molecule has 0 radical (unpaired) electrons. The second-order valence-electron chi connectivity index (χ2n) is 5.79. The third-order valence-electron chi connectivity index (χ3n) is 4.00. The van der Waals surface area contributed by atoms with Crippen LogP contribution in [-0.4, -0.2) is 30.7 Å². The monoisotopic (exact) mass is 390 g/mol. The maximum absolute atomic E-state index is 13.1. The van der Waals surface area contributed by atoms with Gasteiger partial charge in [0, 0.05) is 12.1 Å². The number of hydrazone groups is 1. The van der Waals surface area contributed by atoms with Crippen LogP contribution in [0.25, 0.3) is 0 Å². The number of rotatable bonds is 5. The van der Waals surface area contributed by atoms with Gasteiger partial charge < -0.3 is 15.8 Å². The van der Waals surface area contributed by atoms with E-state index in [4.69, 9.17) is 22.1 Å². The van der Waals surface area contributed by atoms with Gasteiger partial charge in [-0.1, -0.05) is 11.6 Å². The molecular formula is C18H16ClFN4O3. The second kappa shape index (κ2) is 7.63. The van der Waals surface area contributed by atoms with Crippen LogP contribution in [0.15, 0.2) is 47.6 Å². The number of halogens is 2. The minimum Gasteiger partial charge on any atom is -0.495 e. The number of hydrogen-bond donors (Lipinski definition) is 2. The summed E-state index contributed by atoms with van der Waals surface area (Å²) in [6.45, 7) is 0. The Balaban J connectivity index is 1.81. The van der Waals surface area contributed by atoms with E-state index in [0.717, 1.165) is 0 Å². The van der Waals surface area contributed by atoms with Crippen molar-refractivity contribution in [1.29, 1.82) is 0 Å². The highest BCUT2D eigenvalue weighted by Crippen LogP contribution is 2.28. The Morgan fingerprint density at radius 1 is 1.30 bits per heavy atom. The van der Waals surface area contributed by atoms with Crippen molar-refractivity contribution in [2.75, 3.05) is 17.4 Å². The van der Waals surface area contributed by atoms with E-state index < -0.39 is 23.7 Å². The Morgan fingerprint density at radius 2 is 2.00 bits per heavy atom. The van der Waals surface area contributed by atoms with Crippen molar-refractivity contribution < 1.29 is 18.7 Å². The molecule has 0 aromatic heterocycles. The summed E-state index contributed by atoms with van der Waals surface area (Å²) in [5.74, 6) is -1.08. The zero-order chi connectivity index (χ0) is 19.6. The zero-order valence-corrected chi connectivity index (χ0v) is 15.0. The minimum atomic E-state index is -0.837. The molecule has 2 amide bonds. The molecule has 0 fully saturated rings. The van der Waals surface area contributed by atoms with Crippen LogP contribution in [0, 0.1) is 5.82 Å². The van der Waals surface area contributed by atoms with Gasteiger partial charge >= 0.3 is 0 Å². The lowest BCUT2D eigenvalue weighted by Crippen LogP contribution is -2.39. The number of ether oxygens (including phenoxy) is 1. The lowest BCUT2D eigenvalue weighted by atomic mass is 10.1. The van der Waals surface area contributed by atoms with Gasteiger partial charge in [-0.15, -0.1) is 0 Å². The second-order valence-corrected chi connectivity index (χ2v) is 6.20. The summed E-state index contributed by atoms with van der Waals surface area (Å²) in [7, 11) is 1.49. The van der Waals surface area contributed by atoms with Gasteiger partial charge in [0.25, 0.3) is 5.91 Å². The van der Waals surface area contributed by atoms with Crippen molar-refractivity contribution in [3.63, 3.8) is 0 Å². The fourth-order valence-electron chi connectivity index (χ4n) is 2.65. The van der Waals surface area contributed by atoms with E-state index in [1.165, 1.54) is 42.5 Å². The number of benzene rings is 2. The van der Waals surface area contributed by atoms with Crippen molar-refractivity contribution >= 4 is 40.5 Å². The molecule has 1 aliphatic rings. The molecule has 1 aliphatic heterocycles. The van der Waals surface area contributed by atoms with Gasteiger partial charge in [0.05, 0.1) is 17.8 Å². The van der Waals surface area contributed by atoms with Gasteiger partial charge in [0.15, 0.2) is 0 Å². The third-order valence-corrected chi connectivity index (χ3v) is 4.30. The minimum absolute atomic E-state index is 0.0302. The van der Waals surface area contributed by atoms with E-state index in [-0.39, 0.29) is 12.1 Å². The van der Waals surface area contributed by atoms with Crippen molar-refractivity contribution in [3.8, 4) is 5.75 Å². The van der Waals surface area contributed by atoms with Gasteiger partial charge in [0.1, 0.15) is 23.3 Å². The van der Waals surface area contributed by atoms with E-state index >= 15 is 0 Å². The van der Waals surface area contributed by atoms with E-state index in [9.17, 15) is 14.0 Å². The number of primary amides is 1. The average molecular weight is 391 g/mol. The van der Waals surface area contributed by atoms with Crippen LogP contribution in [0.3, 0.4) is 0 Å². The van der Waals surface area contributed by atoms with E-state index in [2.05, 4.69) is 10.4 Å². The Hall–Kier alpha value is -3.13. The van der Waals surface area contributed by atoms with Gasteiger partial charge in [-0.05, 0) is 42.5 Å². The first-order valence-corrected chi connectivity index (χ1v) is 8.33. The number of methoxy groups -OCH3 is 1. The Morgan fingerprint density at radius 3 is 2.59 bits per heavy atom. The average Bonchev–Trinajstić information content (AvgIpc) is 3.08. The van der Waals surface area contributed by atoms with Crippen LogP contribution in [0.5, 0.6) is 5.75 Å². The summed E-state index contributed by atoms with van der Waals surface area (Å²) in [5, 5.41) is 8.52. The number of nitrogens with zero attached hydrogens (tertiary/aromatic N) is 2. The Labute approximate surface area is 159 Å². The maximum Gasteiger partial charge on any atom is 0.271 e. The molecule has 0 bridgehead atoms. The SMILES string of the molecule is COc1ccc(NC(=O)C2=NN(c3ccc(F)cc3)C(C(N)=O)C2)cc1Cl. The lowest BCUT2D eigenvalue weighted by molar-refractivity contribution is -0.119. The fraction of sp³-hybridized carbons (Fsp3) is 0.167. The smallest absolute Gasteiger partial charge is 0.271 e. The summed E-state index contributed by atoms with van der Waals surface area (Å²) in [4.78, 5) is 24.3. The molecule has 1 heterocycles. The standard InChI is InChI=1S/C18H16ClFN4O3/c1-27-16-7-4-11(8-13(16)19)22-18(26)14-9-15(17(21)25)24(23-14)12-5-2-10(20)3-6-12/h2-8,15H,9H2,1H3,(H2,21,25)(H,22,26). The first-order chi connectivity index (χ1) is 12.9. The largest absolute Gasteiger partial charge is 0.495 e. The molecular weight excluding hydrogens is 375 g/mol. The van der Waals surface area contributed by atoms with Gasteiger partial charge in [-0.25, -0.2) is 4.39 Å². The van der Waals surface area contributed by atoms with Crippen molar-refractivity contribution in [2.24, 2.45) is 10.8 Å². The van der Waals surface area contributed by atoms with E-state index in [1.807, 2.05) is 0 Å². The number of nitrogens with two attached hydrogens (primary N) is 1. The molecule has 0 saturated heterocycles. The van der Waals surface area contributed by atoms with Crippen molar-refractivity contribution in [1.82, 2.24) is 0 Å². The molecule has 27 heavy (non-hydrogen) atoms. The Bertz CT molecular complexity index is 917. The summed E-state index contributed by atoms with van der Waals surface area (Å²) < 4.78 is 18.2. The topological polar surface area (TPSA) is 97.0 Å². The van der Waals surface area contributed by atoms with Gasteiger partial charge in [-0.2, -0.15) is 5.10 Å². The van der Waals surface area contributed by atoms with Gasteiger partial charge in [0.2, 0.25) is 5.91 Å². The first kappa shape index (κ1) is 18.7. The molecule has 0 spiro atoms. The zero-order valence-electron chi connectivity index (χ0n) is 14.3. The summed E-state index contributed by atoms with van der Waals surface area (Å²) in [6, 6.07) is 9.33. The van der Waals surface area contributed by atoms with Crippen LogP contribution < -0.4 is 20.8 Å². The van der Waals surface area contributed by atoms with Gasteiger partial charge in [-0.3, -0.25) is 14.6 Å². The Kier molecular flexibility index (Phi) is 5.27. The predicted molar refractivity (Wildman–Crippen MR) is 101 cm³/mol. The summed E-state index contributed by atoms with van der Waals surface area (Å²) in [5.41, 5.74) is 6.45. The molecule has 1 atom stereocenters. The molecule has 2 aromatic rings. The molecule has 9 heteroatoms. The highest BCUT2D eigenvalue weighted by Gasteiger charge is 2.35. The molecule has 3 N–H and O–H groups in total. The molecule has 7 nitrogen and oxygen atoms in total. The van der Waals surface area contributed by atoms with Crippen LogP contribution in [0.1, 0.15) is 6.42 Å². The van der Waals surface area contributed by atoms with E-state index in [1.54, 1.807) is 12.1 Å². The molecule has 0 saturated carbocycles. The number of nitrogens with one attached hydrogen (secondary N) is 1. The van der Waals surface area contributed by atoms with E-state index in [0.29, 0.717) is 22.1 Å². The molecule has 0 aliphatic carbocycles. The molecule has 2 aromatic carbocycles. The van der Waals surface area contributed by atoms with Crippen molar-refractivity contribution in [3.05, 3.63) is 53.3 Å². The number of carbonyl (C=O) groups is 2. The number of anilines is 2. The lowest BCUT2D eigenvalue weighted by Gasteiger charge is -2.20. The number of hydrogen-bond acceptors (Lipinski definition) is 5. The van der Waals surface area contributed by atoms with Crippen LogP contribution in [0.2, 0.25) is 5.02 Å². The highest BCUT2D eigenvalue weighted by molar-refractivity contribution is 6.44. The highest BCUT2D eigenvalue weighted by atomic mass is 35.5. The number of amides is 2. The van der Waals surface area contributed by atoms with Crippen LogP contribution >= 0.6 is 11.6 Å². The van der Waals surface area contributed by atoms with Crippen LogP contribution in [0.4, 0.5) is 15.8 Å². The predicted octanol–water partition coefficient (Wildman–Crippen LogP) is 2.55. The quantitative estimate of drug-likeness (QED) is 0.819. The summed E-state index contributed by atoms with van der Waals surface area (Å²) >= 11 is 6.05.